The second-order valence-electron chi connectivity index (χ2n) is 5.69. The first-order valence-electron chi connectivity index (χ1n) is 6.44. The van der Waals surface area contributed by atoms with Gasteiger partial charge >= 0.3 is 0 Å². The Morgan fingerprint density at radius 3 is 2.28 bits per heavy atom. The lowest BCUT2D eigenvalue weighted by Crippen LogP contribution is -2.44. The van der Waals surface area contributed by atoms with Crippen LogP contribution >= 0.6 is 0 Å². The van der Waals surface area contributed by atoms with Gasteiger partial charge in [0.1, 0.15) is 0 Å². The van der Waals surface area contributed by atoms with Crippen molar-refractivity contribution in [3.8, 4) is 0 Å². The standard InChI is InChI=1S/C15H24N2O/c1-11(2)13(12-8-6-5-7-9-12)17-14(18)15(3,4)10-16/h5-9,11,13H,10,16H2,1-4H3,(H,17,18). The monoisotopic (exact) mass is 248 g/mol. The Kier molecular flexibility index (Phi) is 4.91. The summed E-state index contributed by atoms with van der Waals surface area (Å²) in [5, 5.41) is 3.10. The van der Waals surface area contributed by atoms with Gasteiger partial charge < -0.3 is 11.1 Å². The van der Waals surface area contributed by atoms with Gasteiger partial charge in [0.2, 0.25) is 5.91 Å². The van der Waals surface area contributed by atoms with Crippen LogP contribution in [0, 0.1) is 11.3 Å². The molecule has 0 aromatic heterocycles. The minimum atomic E-state index is -0.526. The lowest BCUT2D eigenvalue weighted by atomic mass is 9.90. The predicted molar refractivity (Wildman–Crippen MR) is 75.0 cm³/mol. The molecule has 0 aliphatic carbocycles. The summed E-state index contributed by atoms with van der Waals surface area (Å²) in [6, 6.07) is 10.1. The van der Waals surface area contributed by atoms with Crippen molar-refractivity contribution >= 4 is 5.91 Å². The third-order valence-electron chi connectivity index (χ3n) is 3.24. The molecule has 3 nitrogen and oxygen atoms in total. The zero-order valence-electron chi connectivity index (χ0n) is 11.7. The summed E-state index contributed by atoms with van der Waals surface area (Å²) in [5.74, 6) is 0.345. The Balaban J connectivity index is 2.86. The fourth-order valence-corrected chi connectivity index (χ4v) is 1.72. The van der Waals surface area contributed by atoms with Crippen molar-refractivity contribution in [3.63, 3.8) is 0 Å². The lowest BCUT2D eigenvalue weighted by Gasteiger charge is -2.28. The number of hydrogen-bond acceptors (Lipinski definition) is 2. The topological polar surface area (TPSA) is 55.1 Å². The molecule has 0 aliphatic rings. The van der Waals surface area contributed by atoms with E-state index in [2.05, 4.69) is 19.2 Å². The zero-order valence-corrected chi connectivity index (χ0v) is 11.7. The van der Waals surface area contributed by atoms with E-state index in [-0.39, 0.29) is 11.9 Å². The van der Waals surface area contributed by atoms with E-state index >= 15 is 0 Å². The molecule has 0 spiro atoms. The van der Waals surface area contributed by atoms with E-state index in [0.717, 1.165) is 5.56 Å². The average molecular weight is 248 g/mol. The van der Waals surface area contributed by atoms with Crippen molar-refractivity contribution in [2.75, 3.05) is 6.54 Å². The average Bonchev–Trinajstić information content (AvgIpc) is 2.36. The van der Waals surface area contributed by atoms with Crippen molar-refractivity contribution in [1.82, 2.24) is 5.32 Å². The van der Waals surface area contributed by atoms with Gasteiger partial charge in [-0.3, -0.25) is 4.79 Å². The minimum Gasteiger partial charge on any atom is -0.349 e. The number of carbonyl (C=O) groups excluding carboxylic acids is 1. The van der Waals surface area contributed by atoms with Gasteiger partial charge in [0, 0.05) is 6.54 Å². The maximum Gasteiger partial charge on any atom is 0.227 e. The molecule has 1 aromatic carbocycles. The molecular weight excluding hydrogens is 224 g/mol. The van der Waals surface area contributed by atoms with Crippen LogP contribution in [0.5, 0.6) is 0 Å². The number of rotatable bonds is 5. The van der Waals surface area contributed by atoms with Crippen molar-refractivity contribution in [2.24, 2.45) is 17.1 Å². The quantitative estimate of drug-likeness (QED) is 0.841. The van der Waals surface area contributed by atoms with E-state index in [1.165, 1.54) is 0 Å². The Morgan fingerprint density at radius 1 is 1.28 bits per heavy atom. The molecule has 0 radical (unpaired) electrons. The van der Waals surface area contributed by atoms with Crippen LogP contribution in [0.4, 0.5) is 0 Å². The normalized spacial score (nSPS) is 13.4. The van der Waals surface area contributed by atoms with E-state index in [1.54, 1.807) is 0 Å². The van der Waals surface area contributed by atoms with Gasteiger partial charge in [0.05, 0.1) is 11.5 Å². The summed E-state index contributed by atoms with van der Waals surface area (Å²) in [6.45, 7) is 8.29. The van der Waals surface area contributed by atoms with E-state index in [0.29, 0.717) is 12.5 Å². The van der Waals surface area contributed by atoms with Crippen molar-refractivity contribution in [1.29, 1.82) is 0 Å². The summed E-state index contributed by atoms with van der Waals surface area (Å²) >= 11 is 0. The summed E-state index contributed by atoms with van der Waals surface area (Å²) in [6.07, 6.45) is 0. The second-order valence-corrected chi connectivity index (χ2v) is 5.69. The van der Waals surface area contributed by atoms with E-state index in [4.69, 9.17) is 5.73 Å². The number of benzene rings is 1. The summed E-state index contributed by atoms with van der Waals surface area (Å²) in [7, 11) is 0. The van der Waals surface area contributed by atoms with Crippen LogP contribution in [-0.4, -0.2) is 12.5 Å². The zero-order chi connectivity index (χ0) is 13.8. The molecule has 1 aromatic rings. The first kappa shape index (κ1) is 14.7. The molecule has 1 rings (SSSR count). The Morgan fingerprint density at radius 2 is 1.83 bits per heavy atom. The number of amides is 1. The molecular formula is C15H24N2O. The molecule has 100 valence electrons. The summed E-state index contributed by atoms with van der Waals surface area (Å²) < 4.78 is 0. The van der Waals surface area contributed by atoms with Crippen LogP contribution in [0.25, 0.3) is 0 Å². The molecule has 1 atom stereocenters. The minimum absolute atomic E-state index is 0.00699. The van der Waals surface area contributed by atoms with E-state index in [1.807, 2.05) is 44.2 Å². The third kappa shape index (κ3) is 3.57. The van der Waals surface area contributed by atoms with Gasteiger partial charge in [-0.05, 0) is 25.3 Å². The highest BCUT2D eigenvalue weighted by Crippen LogP contribution is 2.23. The van der Waals surface area contributed by atoms with Crippen molar-refractivity contribution in [3.05, 3.63) is 35.9 Å². The Hall–Kier alpha value is -1.35. The molecule has 0 saturated heterocycles. The number of carbonyl (C=O) groups is 1. The molecule has 0 aliphatic heterocycles. The maximum atomic E-state index is 12.2. The largest absolute Gasteiger partial charge is 0.349 e. The van der Waals surface area contributed by atoms with Gasteiger partial charge in [-0.15, -0.1) is 0 Å². The van der Waals surface area contributed by atoms with Crippen LogP contribution < -0.4 is 11.1 Å². The van der Waals surface area contributed by atoms with Crippen LogP contribution in [0.1, 0.15) is 39.3 Å². The molecule has 0 fully saturated rings. The highest BCUT2D eigenvalue weighted by molar-refractivity contribution is 5.82. The molecule has 1 amide bonds. The molecule has 0 saturated carbocycles. The van der Waals surface area contributed by atoms with Crippen LogP contribution in [0.3, 0.4) is 0 Å². The highest BCUT2D eigenvalue weighted by atomic mass is 16.2. The van der Waals surface area contributed by atoms with E-state index < -0.39 is 5.41 Å². The molecule has 3 N–H and O–H groups in total. The van der Waals surface area contributed by atoms with Crippen LogP contribution in [0.2, 0.25) is 0 Å². The fraction of sp³-hybridized carbons (Fsp3) is 0.533. The Bertz CT molecular complexity index is 385. The molecule has 1 unspecified atom stereocenters. The van der Waals surface area contributed by atoms with Gasteiger partial charge in [-0.2, -0.15) is 0 Å². The first-order chi connectivity index (χ1) is 8.38. The highest BCUT2D eigenvalue weighted by Gasteiger charge is 2.29. The SMILES string of the molecule is CC(C)C(NC(=O)C(C)(C)CN)c1ccccc1. The predicted octanol–water partition coefficient (Wildman–Crippen LogP) is 2.48. The summed E-state index contributed by atoms with van der Waals surface area (Å²) in [5.41, 5.74) is 6.24. The first-order valence-corrected chi connectivity index (χ1v) is 6.44. The lowest BCUT2D eigenvalue weighted by molar-refractivity contribution is -0.130. The van der Waals surface area contributed by atoms with Crippen LogP contribution in [-0.2, 0) is 4.79 Å². The van der Waals surface area contributed by atoms with Gasteiger partial charge in [-0.25, -0.2) is 0 Å². The van der Waals surface area contributed by atoms with Gasteiger partial charge in [0.25, 0.3) is 0 Å². The van der Waals surface area contributed by atoms with Crippen molar-refractivity contribution in [2.45, 2.75) is 33.7 Å². The number of hydrogen-bond donors (Lipinski definition) is 2. The van der Waals surface area contributed by atoms with E-state index in [9.17, 15) is 4.79 Å². The Labute approximate surface area is 110 Å². The van der Waals surface area contributed by atoms with Crippen molar-refractivity contribution < 1.29 is 4.79 Å². The molecule has 0 bridgehead atoms. The number of nitrogens with one attached hydrogen (secondary N) is 1. The smallest absolute Gasteiger partial charge is 0.227 e. The van der Waals surface area contributed by atoms with Gasteiger partial charge in [0.15, 0.2) is 0 Å². The molecule has 3 heteroatoms. The number of nitrogens with two attached hydrogens (primary N) is 1. The summed E-state index contributed by atoms with van der Waals surface area (Å²) in [4.78, 5) is 12.2. The maximum absolute atomic E-state index is 12.2. The third-order valence-corrected chi connectivity index (χ3v) is 3.24. The fourth-order valence-electron chi connectivity index (χ4n) is 1.72. The second kappa shape index (κ2) is 6.01. The van der Waals surface area contributed by atoms with Crippen LogP contribution in [0.15, 0.2) is 30.3 Å². The molecule has 18 heavy (non-hydrogen) atoms. The molecule has 0 heterocycles. The van der Waals surface area contributed by atoms with Gasteiger partial charge in [-0.1, -0.05) is 44.2 Å².